The van der Waals surface area contributed by atoms with Gasteiger partial charge in [-0.05, 0) is 10.8 Å². The van der Waals surface area contributed by atoms with Gasteiger partial charge in [0, 0.05) is 13.1 Å². The second kappa shape index (κ2) is 8.91. The molecule has 0 amide bonds. The maximum atomic E-state index is 5.43. The third-order valence-electron chi connectivity index (χ3n) is 4.95. The zero-order valence-electron chi connectivity index (χ0n) is 16.5. The first-order valence-corrected chi connectivity index (χ1v) is 20.7. The van der Waals surface area contributed by atoms with Crippen LogP contribution in [0.2, 0.25) is 40.6 Å². The van der Waals surface area contributed by atoms with Gasteiger partial charge in [0.1, 0.15) is 0 Å². The van der Waals surface area contributed by atoms with Crippen LogP contribution in [0.3, 0.4) is 0 Å². The second-order valence-electron chi connectivity index (χ2n) is 7.82. The van der Waals surface area contributed by atoms with E-state index in [2.05, 4.69) is 79.0 Å². The van der Waals surface area contributed by atoms with Gasteiger partial charge in [-0.1, -0.05) is 57.5 Å². The first-order chi connectivity index (χ1) is 10.7. The summed E-state index contributed by atoms with van der Waals surface area (Å²) < 4.78 is 5.43. The summed E-state index contributed by atoms with van der Waals surface area (Å²) >= 11 is -0.543. The summed E-state index contributed by atoms with van der Waals surface area (Å²) in [5.41, 5.74) is 3.10. The Hall–Kier alpha value is 0.000519. The van der Waals surface area contributed by atoms with E-state index < -0.39 is 34.4 Å². The third kappa shape index (κ3) is 4.99. The van der Waals surface area contributed by atoms with Crippen LogP contribution in [0, 0.1) is 0 Å². The summed E-state index contributed by atoms with van der Waals surface area (Å²) in [4.78, 5) is 7.09. The molecule has 1 nitrogen and oxygen atoms in total. The molecule has 129 valence electrons. The van der Waals surface area contributed by atoms with Crippen LogP contribution in [0.25, 0.3) is 5.20 Å². The fourth-order valence-electron chi connectivity index (χ4n) is 4.09. The Bertz CT molecular complexity index is 519. The quantitative estimate of drug-likeness (QED) is 0.402. The molecule has 0 spiro atoms. The van der Waals surface area contributed by atoms with Gasteiger partial charge in [-0.2, -0.15) is 0 Å². The van der Waals surface area contributed by atoms with Crippen molar-refractivity contribution in [3.05, 3.63) is 41.4 Å². The van der Waals surface area contributed by atoms with Crippen LogP contribution in [0.15, 0.2) is 35.8 Å². The number of allylic oxidation sites excluding steroid dienone is 1. The summed E-state index contributed by atoms with van der Waals surface area (Å²) in [7, 11) is -1.64. The van der Waals surface area contributed by atoms with E-state index in [1.165, 1.54) is 18.2 Å². The van der Waals surface area contributed by atoms with E-state index >= 15 is 0 Å². The molecule has 0 fully saturated rings. The molecular weight excluding hydrogens is 402 g/mol. The molecule has 0 aromatic heterocycles. The number of benzene rings is 1. The first-order valence-electron chi connectivity index (χ1n) is 9.22. The first kappa shape index (κ1) is 21.0. The summed E-state index contributed by atoms with van der Waals surface area (Å²) in [5.74, 6) is 0. The van der Waals surface area contributed by atoms with Gasteiger partial charge in [-0.25, -0.2) is 0 Å². The molecule has 23 heavy (non-hydrogen) atoms. The van der Waals surface area contributed by atoms with Gasteiger partial charge in [0.15, 0.2) is 0 Å². The van der Waals surface area contributed by atoms with Crippen LogP contribution >= 0.6 is 0 Å². The Labute approximate surface area is 152 Å². The topological polar surface area (TPSA) is 12.8 Å². The summed E-state index contributed by atoms with van der Waals surface area (Å²) in [6, 6.07) is 11.0. The molecule has 0 saturated heterocycles. The average molecular weight is 438 g/mol. The third-order valence-corrected chi connectivity index (χ3v) is 7.92. The van der Waals surface area contributed by atoms with E-state index in [-0.39, 0.29) is 0 Å². The van der Waals surface area contributed by atoms with Crippen LogP contribution in [0.1, 0.15) is 32.8 Å². The van der Waals surface area contributed by atoms with Crippen LogP contribution in [0.5, 0.6) is 0 Å². The monoisotopic (exact) mass is 439 g/mol. The predicted octanol–water partition coefficient (Wildman–Crippen LogP) is 6.03. The van der Waals surface area contributed by atoms with Gasteiger partial charge < -0.3 is 4.34 Å². The SMILES string of the molecule is CCC1=C(c2ccccc2)[Si](C)(C)[OH+][B-]1(CC)CC.[CH3][Sn]([CH3])[CH3]. The molecule has 0 aliphatic carbocycles. The van der Waals surface area contributed by atoms with Gasteiger partial charge in [0.05, 0.1) is 0 Å². The van der Waals surface area contributed by atoms with Crippen molar-refractivity contribution in [2.24, 2.45) is 0 Å². The van der Waals surface area contributed by atoms with Crippen molar-refractivity contribution < 1.29 is 4.34 Å². The molecule has 1 aliphatic heterocycles. The van der Waals surface area contributed by atoms with Crippen molar-refractivity contribution in [2.45, 2.75) is 67.7 Å². The van der Waals surface area contributed by atoms with E-state index in [4.69, 9.17) is 4.34 Å². The van der Waals surface area contributed by atoms with Crippen molar-refractivity contribution in [3.8, 4) is 0 Å². The molecule has 1 aliphatic rings. The van der Waals surface area contributed by atoms with Gasteiger partial charge in [0.25, 0.3) is 6.35 Å². The molecule has 1 aromatic carbocycles. The minimum absolute atomic E-state index is 0.543. The summed E-state index contributed by atoms with van der Waals surface area (Å²) in [6.45, 7) is 11.8. The van der Waals surface area contributed by atoms with E-state index in [1.54, 1.807) is 10.7 Å². The molecule has 1 N–H and O–H groups in total. The van der Waals surface area contributed by atoms with Crippen molar-refractivity contribution in [1.82, 2.24) is 0 Å². The number of hydrogen-bond donors (Lipinski definition) is 0. The average Bonchev–Trinajstić information content (AvgIpc) is 2.74. The van der Waals surface area contributed by atoms with Crippen molar-refractivity contribution >= 4 is 39.6 Å². The Morgan fingerprint density at radius 1 is 0.957 bits per heavy atom. The van der Waals surface area contributed by atoms with Crippen LogP contribution < -0.4 is 0 Å². The summed E-state index contributed by atoms with van der Waals surface area (Å²) in [5, 5.41) is 1.62. The maximum absolute atomic E-state index is 5.43. The Kier molecular flexibility index (Phi) is 8.15. The second-order valence-corrected chi connectivity index (χ2v) is 20.3. The van der Waals surface area contributed by atoms with Crippen molar-refractivity contribution in [1.29, 1.82) is 0 Å². The molecule has 0 atom stereocenters. The molecule has 0 saturated carbocycles. The zero-order valence-corrected chi connectivity index (χ0v) is 20.4. The number of rotatable bonds is 4. The Morgan fingerprint density at radius 3 is 1.83 bits per heavy atom. The van der Waals surface area contributed by atoms with E-state index in [9.17, 15) is 0 Å². The van der Waals surface area contributed by atoms with Gasteiger partial charge >= 0.3 is 42.9 Å². The molecule has 1 heterocycles. The van der Waals surface area contributed by atoms with Crippen LogP contribution in [0.4, 0.5) is 0 Å². The Morgan fingerprint density at radius 2 is 1.43 bits per heavy atom. The molecular formula is C19H36BOSiSn. The fraction of sp³-hybridized carbons (Fsp3) is 0.579. The normalized spacial score (nSPS) is 18.8. The van der Waals surface area contributed by atoms with Gasteiger partial charge in [0.2, 0.25) is 0 Å². The van der Waals surface area contributed by atoms with E-state index in [0.717, 1.165) is 6.42 Å². The standard InChI is InChI=1S/C16H27BOSi.3CH3.Sn/c1-6-15-16(14-12-10-9-11-13-14)19(4,5)18-17(15,7-2)8-3;;;;/h9-13,18H,6-8H2,1-5H3;3*1H3;. The molecule has 4 heteroatoms. The van der Waals surface area contributed by atoms with Crippen LogP contribution in [-0.4, -0.2) is 38.8 Å². The molecule has 2 rings (SSSR count). The zero-order chi connectivity index (χ0) is 17.7. The van der Waals surface area contributed by atoms with Crippen molar-refractivity contribution in [2.75, 3.05) is 0 Å². The molecule has 1 aromatic rings. The van der Waals surface area contributed by atoms with Gasteiger partial charge in [-0.15, -0.1) is 18.1 Å². The van der Waals surface area contributed by atoms with Crippen molar-refractivity contribution in [3.63, 3.8) is 0 Å². The Balaban J connectivity index is 0.000000593. The van der Waals surface area contributed by atoms with E-state index in [0.29, 0.717) is 0 Å². The minimum atomic E-state index is -1.64. The molecule has 0 unspecified atom stereocenters. The molecule has 1 radical (unpaired) electrons. The van der Waals surface area contributed by atoms with Crippen LogP contribution in [-0.2, 0) is 0 Å². The fourth-order valence-corrected chi connectivity index (χ4v) is 8.08. The summed E-state index contributed by atoms with van der Waals surface area (Å²) in [6.07, 6.45) is 2.94. The van der Waals surface area contributed by atoms with Gasteiger partial charge in [-0.3, -0.25) is 0 Å². The number of hydrogen-bond acceptors (Lipinski definition) is 0. The van der Waals surface area contributed by atoms with E-state index in [1.807, 2.05) is 0 Å². The molecule has 0 bridgehead atoms. The predicted molar refractivity (Wildman–Crippen MR) is 113 cm³/mol.